The lowest BCUT2D eigenvalue weighted by Crippen LogP contribution is -2.31. The number of anilines is 1. The molecule has 2 aromatic carbocycles. The predicted octanol–water partition coefficient (Wildman–Crippen LogP) is 4.09. The Morgan fingerprint density at radius 3 is 2.56 bits per heavy atom. The van der Waals surface area contributed by atoms with Gasteiger partial charge in [0.05, 0.1) is 29.4 Å². The van der Waals surface area contributed by atoms with Gasteiger partial charge in [0, 0.05) is 28.6 Å². The molecule has 8 nitrogen and oxygen atoms in total. The van der Waals surface area contributed by atoms with E-state index >= 15 is 0 Å². The van der Waals surface area contributed by atoms with E-state index in [1.807, 2.05) is 12.1 Å². The summed E-state index contributed by atoms with van der Waals surface area (Å²) in [7, 11) is -3.45. The monoisotopic (exact) mass is 648 g/mol. The highest BCUT2D eigenvalue weighted by atomic mass is 127. The van der Waals surface area contributed by atoms with Gasteiger partial charge in [-0.05, 0) is 71.0 Å². The molecule has 1 amide bonds. The first-order chi connectivity index (χ1) is 17.1. The second kappa shape index (κ2) is 10.8. The molecule has 13 heteroatoms. The predicted molar refractivity (Wildman–Crippen MR) is 139 cm³/mol. The number of carbonyl (C=O) groups excluding carboxylic acids is 1. The molecule has 2 unspecified atom stereocenters. The van der Waals surface area contributed by atoms with Gasteiger partial charge in [-0.3, -0.25) is 9.78 Å². The smallest absolute Gasteiger partial charge is 0.255 e. The highest BCUT2D eigenvalue weighted by molar-refractivity contribution is 14.1. The number of sulfonamides is 1. The molecule has 0 spiro atoms. The van der Waals surface area contributed by atoms with Crippen molar-refractivity contribution in [2.45, 2.75) is 29.9 Å². The summed E-state index contributed by atoms with van der Waals surface area (Å²) in [6.07, 6.45) is 3.48. The van der Waals surface area contributed by atoms with Gasteiger partial charge in [0.25, 0.3) is 5.91 Å². The first-order valence-electron chi connectivity index (χ1n) is 10.6. The van der Waals surface area contributed by atoms with Crippen LogP contribution in [-0.4, -0.2) is 38.5 Å². The molecule has 0 bridgehead atoms. The molecule has 3 aromatic rings. The number of carbonyl (C=O) groups is 1. The fourth-order valence-corrected chi connectivity index (χ4v) is 5.49. The zero-order valence-corrected chi connectivity index (χ0v) is 22.4. The molecule has 3 N–H and O–H groups in total. The molecule has 1 heterocycles. The molecule has 0 aliphatic heterocycles. The normalized spacial score (nSPS) is 16.9. The molecule has 4 rings (SSSR count). The molecule has 36 heavy (non-hydrogen) atoms. The summed E-state index contributed by atoms with van der Waals surface area (Å²) < 4.78 is 63.1. The number of methoxy groups -OCH3 is 1. The van der Waals surface area contributed by atoms with Gasteiger partial charge in [-0.15, -0.1) is 0 Å². The van der Waals surface area contributed by atoms with Gasteiger partial charge >= 0.3 is 0 Å². The van der Waals surface area contributed by atoms with Crippen LogP contribution in [0.3, 0.4) is 0 Å². The van der Waals surface area contributed by atoms with Crippen LogP contribution in [0.4, 0.5) is 14.5 Å². The third-order valence-electron chi connectivity index (χ3n) is 5.46. The maximum absolute atomic E-state index is 14.8. The number of nitrogens with zero attached hydrogens (tertiary/aromatic N) is 1. The molecule has 1 aliphatic carbocycles. The summed E-state index contributed by atoms with van der Waals surface area (Å²) >= 11 is 8.37. The second-order valence-corrected chi connectivity index (χ2v) is 11.3. The molecule has 0 radical (unpaired) electrons. The number of pyridine rings is 1. The summed E-state index contributed by atoms with van der Waals surface area (Å²) in [5, 5.41) is 6.43. The number of nitrogens with one attached hydrogen (secondary N) is 3. The lowest BCUT2D eigenvalue weighted by atomic mass is 10.1. The molecular formula is C23H20ClF2IN4O4S. The van der Waals surface area contributed by atoms with Gasteiger partial charge < -0.3 is 15.4 Å². The Morgan fingerprint density at radius 2 is 1.89 bits per heavy atom. The maximum Gasteiger partial charge on any atom is 0.255 e. The van der Waals surface area contributed by atoms with Crippen LogP contribution in [0.1, 0.15) is 22.3 Å². The van der Waals surface area contributed by atoms with Crippen LogP contribution in [-0.2, 0) is 16.6 Å². The second-order valence-electron chi connectivity index (χ2n) is 7.95. The minimum Gasteiger partial charge on any atom is -0.493 e. The van der Waals surface area contributed by atoms with Crippen LogP contribution < -0.4 is 20.1 Å². The highest BCUT2D eigenvalue weighted by Crippen LogP contribution is 2.33. The van der Waals surface area contributed by atoms with Crippen LogP contribution in [0.5, 0.6) is 5.75 Å². The van der Waals surface area contributed by atoms with Crippen molar-refractivity contribution < 1.29 is 26.7 Å². The van der Waals surface area contributed by atoms with E-state index in [0.29, 0.717) is 22.7 Å². The third-order valence-corrected chi connectivity index (χ3v) is 7.85. The summed E-state index contributed by atoms with van der Waals surface area (Å²) in [5.41, 5.74) is 0.804. The van der Waals surface area contributed by atoms with Gasteiger partial charge in [0.2, 0.25) is 15.8 Å². The van der Waals surface area contributed by atoms with E-state index in [1.165, 1.54) is 12.4 Å². The van der Waals surface area contributed by atoms with Crippen LogP contribution >= 0.6 is 34.2 Å². The molecule has 0 saturated heterocycles. The molecule has 1 fully saturated rings. The quantitative estimate of drug-likeness (QED) is 0.302. The van der Waals surface area contributed by atoms with Gasteiger partial charge in [0.1, 0.15) is 4.90 Å². The Labute approximate surface area is 225 Å². The van der Waals surface area contributed by atoms with Crippen molar-refractivity contribution >= 4 is 55.8 Å². The Balaban J connectivity index is 1.52. The highest BCUT2D eigenvalue weighted by Gasteiger charge is 2.40. The van der Waals surface area contributed by atoms with Crippen LogP contribution in [0.2, 0.25) is 5.02 Å². The van der Waals surface area contributed by atoms with Crippen molar-refractivity contribution in [3.05, 3.63) is 80.1 Å². The summed E-state index contributed by atoms with van der Waals surface area (Å²) in [6.45, 7) is -0.185. The zero-order valence-electron chi connectivity index (χ0n) is 18.7. The molecule has 1 aromatic heterocycles. The lowest BCUT2D eigenvalue weighted by Gasteiger charge is -2.15. The van der Waals surface area contributed by atoms with Gasteiger partial charge in [-0.1, -0.05) is 11.6 Å². The molecular weight excluding hydrogens is 629 g/mol. The summed E-state index contributed by atoms with van der Waals surface area (Å²) in [4.78, 5) is 15.8. The van der Waals surface area contributed by atoms with Gasteiger partial charge in [0.15, 0.2) is 11.6 Å². The first kappa shape index (κ1) is 26.5. The SMILES string of the molecule is COc1c(C(=O)NC2CC2Nc2ccc(I)cc2Cl)cc(S(=O)(=O)NCc2ccncc2)c(F)c1F. The van der Waals surface area contributed by atoms with E-state index in [2.05, 4.69) is 42.9 Å². The largest absolute Gasteiger partial charge is 0.493 e. The van der Waals surface area contributed by atoms with Crippen molar-refractivity contribution in [2.75, 3.05) is 12.4 Å². The number of halogens is 4. The molecule has 1 saturated carbocycles. The standard InChI is InChI=1S/C23H20ClF2IN4O4S/c1-35-22-14(23(32)31-18-10-17(18)30-16-3-2-13(27)8-15(16)24)9-19(20(25)21(22)26)36(33,34)29-11-12-4-6-28-7-5-12/h2-9,17-18,29-30H,10-11H2,1H3,(H,31,32). The number of amides is 1. The minimum absolute atomic E-state index is 0.145. The minimum atomic E-state index is -4.51. The third kappa shape index (κ3) is 5.88. The fourth-order valence-electron chi connectivity index (χ4n) is 3.47. The molecule has 190 valence electrons. The van der Waals surface area contributed by atoms with E-state index in [9.17, 15) is 22.0 Å². The Kier molecular flexibility index (Phi) is 7.97. The van der Waals surface area contributed by atoms with E-state index in [0.717, 1.165) is 16.7 Å². The number of aromatic nitrogens is 1. The lowest BCUT2D eigenvalue weighted by molar-refractivity contribution is 0.0946. The topological polar surface area (TPSA) is 109 Å². The summed E-state index contributed by atoms with van der Waals surface area (Å²) in [5.74, 6) is -4.72. The first-order valence-corrected chi connectivity index (χ1v) is 13.5. The van der Waals surface area contributed by atoms with Gasteiger partial charge in [-0.25, -0.2) is 17.5 Å². The number of hydrogen-bond acceptors (Lipinski definition) is 6. The van der Waals surface area contributed by atoms with E-state index in [4.69, 9.17) is 16.3 Å². The summed E-state index contributed by atoms with van der Waals surface area (Å²) in [6, 6.07) is 8.89. The van der Waals surface area contributed by atoms with E-state index in [1.54, 1.807) is 18.2 Å². The van der Waals surface area contributed by atoms with Crippen molar-refractivity contribution in [1.29, 1.82) is 0 Å². The molecule has 2 atom stereocenters. The number of benzene rings is 2. The number of ether oxygens (including phenoxy) is 1. The van der Waals surface area contributed by atoms with Crippen LogP contribution in [0.15, 0.2) is 53.7 Å². The average Bonchev–Trinajstić information content (AvgIpc) is 3.58. The zero-order chi connectivity index (χ0) is 26.0. The molecule has 1 aliphatic rings. The Hall–Kier alpha value is -2.55. The number of hydrogen-bond donors (Lipinski definition) is 3. The van der Waals surface area contributed by atoms with Crippen molar-refractivity contribution in [1.82, 2.24) is 15.0 Å². The van der Waals surface area contributed by atoms with E-state index in [-0.39, 0.29) is 18.6 Å². The Morgan fingerprint density at radius 1 is 1.17 bits per heavy atom. The fraction of sp³-hybridized carbons (Fsp3) is 0.217. The van der Waals surface area contributed by atoms with Gasteiger partial charge in [-0.2, -0.15) is 4.39 Å². The van der Waals surface area contributed by atoms with Crippen molar-refractivity contribution in [2.24, 2.45) is 0 Å². The maximum atomic E-state index is 14.8. The van der Waals surface area contributed by atoms with Crippen molar-refractivity contribution in [3.8, 4) is 5.75 Å². The van der Waals surface area contributed by atoms with Crippen molar-refractivity contribution in [3.63, 3.8) is 0 Å². The van der Waals surface area contributed by atoms with Crippen LogP contribution in [0.25, 0.3) is 0 Å². The van der Waals surface area contributed by atoms with Crippen LogP contribution in [0, 0.1) is 15.2 Å². The Bertz CT molecular complexity index is 1410. The average molecular weight is 649 g/mol. The van der Waals surface area contributed by atoms with E-state index < -0.39 is 43.8 Å². The number of rotatable bonds is 9.